The smallest absolute Gasteiger partial charge is 0.262 e. The molecule has 0 saturated heterocycles. The Bertz CT molecular complexity index is 808. The fourth-order valence-corrected chi connectivity index (χ4v) is 2.93. The van der Waals surface area contributed by atoms with Crippen LogP contribution in [0.2, 0.25) is 0 Å². The Kier molecular flexibility index (Phi) is 5.48. The number of nitrogens with zero attached hydrogens (tertiary/aromatic N) is 1. The van der Waals surface area contributed by atoms with Crippen LogP contribution in [0.3, 0.4) is 0 Å². The van der Waals surface area contributed by atoms with Gasteiger partial charge in [-0.05, 0) is 53.9 Å². The molecule has 0 saturated carbocycles. The maximum atomic E-state index is 12.8. The number of fused-ring (bicyclic) bond motifs is 1. The number of carbonyl (C=O) groups excluding carboxylic acids is 2. The number of primary amides is 1. The van der Waals surface area contributed by atoms with Crippen LogP contribution in [0.1, 0.15) is 11.1 Å². The highest BCUT2D eigenvalue weighted by Gasteiger charge is 2.18. The predicted molar refractivity (Wildman–Crippen MR) is 95.1 cm³/mol. The quantitative estimate of drug-likeness (QED) is 0.824. The van der Waals surface area contributed by atoms with E-state index in [0.717, 1.165) is 18.5 Å². The minimum absolute atomic E-state index is 0.170. The molecule has 0 radical (unpaired) electrons. The summed E-state index contributed by atoms with van der Waals surface area (Å²) in [6.45, 7) is 1.46. The van der Waals surface area contributed by atoms with Gasteiger partial charge < -0.3 is 15.8 Å². The molecule has 0 fully saturated rings. The number of carbonyl (C=O) groups is 2. The Balaban J connectivity index is 1.57. The normalized spacial score (nSPS) is 13.7. The fourth-order valence-electron chi connectivity index (χ4n) is 2.93. The number of hydrogen-bond acceptors (Lipinski definition) is 4. The lowest BCUT2D eigenvalue weighted by Gasteiger charge is -2.28. The molecule has 3 N–H and O–H groups in total. The summed E-state index contributed by atoms with van der Waals surface area (Å²) < 4.78 is 18.2. The molecule has 0 atom stereocenters. The van der Waals surface area contributed by atoms with Crippen LogP contribution in [0.5, 0.6) is 5.75 Å². The maximum absolute atomic E-state index is 12.8. The fraction of sp³-hybridized carbons (Fsp3) is 0.263. The SMILES string of the molecule is NC(=O)CN1CCc2ccc(NC(=O)COc3ccc(F)cc3)cc2C1. The van der Waals surface area contributed by atoms with Gasteiger partial charge in [0.1, 0.15) is 11.6 Å². The van der Waals surface area contributed by atoms with Gasteiger partial charge in [-0.15, -0.1) is 0 Å². The van der Waals surface area contributed by atoms with Gasteiger partial charge in [-0.3, -0.25) is 14.5 Å². The van der Waals surface area contributed by atoms with E-state index in [-0.39, 0.29) is 30.8 Å². The molecule has 0 bridgehead atoms. The highest BCUT2D eigenvalue weighted by Crippen LogP contribution is 2.22. The van der Waals surface area contributed by atoms with Crippen LogP contribution in [0, 0.1) is 5.82 Å². The van der Waals surface area contributed by atoms with Crippen molar-refractivity contribution in [2.24, 2.45) is 5.73 Å². The van der Waals surface area contributed by atoms with Crippen molar-refractivity contribution in [1.82, 2.24) is 4.90 Å². The van der Waals surface area contributed by atoms with Gasteiger partial charge in [0.15, 0.2) is 6.61 Å². The molecule has 0 spiro atoms. The second-order valence-electron chi connectivity index (χ2n) is 6.20. The third-order valence-corrected chi connectivity index (χ3v) is 4.14. The average molecular weight is 357 g/mol. The molecule has 136 valence electrons. The molecule has 1 heterocycles. The van der Waals surface area contributed by atoms with Crippen molar-refractivity contribution in [2.45, 2.75) is 13.0 Å². The van der Waals surface area contributed by atoms with E-state index in [9.17, 15) is 14.0 Å². The Morgan fingerprint density at radius 3 is 2.65 bits per heavy atom. The standard InChI is InChI=1S/C19H20FN3O3/c20-15-2-5-17(6-3-15)26-12-19(25)22-16-4-1-13-7-8-23(11-18(21)24)10-14(13)9-16/h1-6,9H,7-8,10-12H2,(H2,21,24)(H,22,25). The minimum atomic E-state index is -0.360. The summed E-state index contributed by atoms with van der Waals surface area (Å²) >= 11 is 0. The monoisotopic (exact) mass is 357 g/mol. The number of nitrogens with two attached hydrogens (primary N) is 1. The van der Waals surface area contributed by atoms with Crippen molar-refractivity contribution in [1.29, 1.82) is 0 Å². The van der Waals surface area contributed by atoms with Crippen LogP contribution < -0.4 is 15.8 Å². The summed E-state index contributed by atoms with van der Waals surface area (Å²) in [7, 11) is 0. The van der Waals surface area contributed by atoms with Gasteiger partial charge in [-0.1, -0.05) is 6.07 Å². The van der Waals surface area contributed by atoms with Crippen molar-refractivity contribution in [3.8, 4) is 5.75 Å². The maximum Gasteiger partial charge on any atom is 0.262 e. The largest absolute Gasteiger partial charge is 0.484 e. The molecular formula is C19H20FN3O3. The molecule has 2 amide bonds. The Morgan fingerprint density at radius 1 is 1.15 bits per heavy atom. The summed E-state index contributed by atoms with van der Waals surface area (Å²) in [4.78, 5) is 25.1. The zero-order valence-corrected chi connectivity index (χ0v) is 14.2. The lowest BCUT2D eigenvalue weighted by molar-refractivity contribution is -0.119. The van der Waals surface area contributed by atoms with Crippen LogP contribution >= 0.6 is 0 Å². The number of ether oxygens (including phenoxy) is 1. The second kappa shape index (κ2) is 7.97. The number of hydrogen-bond donors (Lipinski definition) is 2. The van der Waals surface area contributed by atoms with Gasteiger partial charge in [0.05, 0.1) is 6.54 Å². The molecule has 0 aromatic heterocycles. The van der Waals surface area contributed by atoms with Gasteiger partial charge in [-0.2, -0.15) is 0 Å². The summed E-state index contributed by atoms with van der Waals surface area (Å²) in [6, 6.07) is 11.2. The number of benzene rings is 2. The van der Waals surface area contributed by atoms with E-state index in [1.54, 1.807) is 0 Å². The molecule has 0 unspecified atom stereocenters. The zero-order valence-electron chi connectivity index (χ0n) is 14.2. The summed E-state index contributed by atoms with van der Waals surface area (Å²) in [5.41, 5.74) is 8.19. The molecule has 0 aliphatic carbocycles. The number of nitrogens with one attached hydrogen (secondary N) is 1. The summed E-state index contributed by atoms with van der Waals surface area (Å²) in [5, 5.41) is 2.78. The molecule has 26 heavy (non-hydrogen) atoms. The van der Waals surface area contributed by atoms with E-state index in [4.69, 9.17) is 10.5 Å². The molecule has 1 aliphatic heterocycles. The first-order valence-corrected chi connectivity index (χ1v) is 8.30. The minimum Gasteiger partial charge on any atom is -0.484 e. The topological polar surface area (TPSA) is 84.7 Å². The molecule has 3 rings (SSSR count). The predicted octanol–water partition coefficient (Wildman–Crippen LogP) is 1.69. The van der Waals surface area contributed by atoms with Crippen LogP contribution in [-0.2, 0) is 22.6 Å². The second-order valence-corrected chi connectivity index (χ2v) is 6.20. The van der Waals surface area contributed by atoms with Crippen molar-refractivity contribution < 1.29 is 18.7 Å². The third kappa shape index (κ3) is 4.80. The Morgan fingerprint density at radius 2 is 1.92 bits per heavy atom. The van der Waals surface area contributed by atoms with Crippen molar-refractivity contribution in [3.05, 3.63) is 59.4 Å². The van der Waals surface area contributed by atoms with Crippen molar-refractivity contribution in [2.75, 3.05) is 25.0 Å². The molecule has 2 aromatic rings. The van der Waals surface area contributed by atoms with Crippen LogP contribution in [0.15, 0.2) is 42.5 Å². The number of halogens is 1. The molecule has 6 nitrogen and oxygen atoms in total. The van der Waals surface area contributed by atoms with Gasteiger partial charge in [0.25, 0.3) is 5.91 Å². The van der Waals surface area contributed by atoms with Crippen LogP contribution in [0.4, 0.5) is 10.1 Å². The van der Waals surface area contributed by atoms with E-state index >= 15 is 0 Å². The lowest BCUT2D eigenvalue weighted by atomic mass is 9.99. The number of rotatable bonds is 6. The molecule has 1 aliphatic rings. The van der Waals surface area contributed by atoms with E-state index in [0.29, 0.717) is 18.0 Å². The van der Waals surface area contributed by atoms with E-state index in [1.807, 2.05) is 23.1 Å². The number of amides is 2. The molecule has 7 heteroatoms. The molecule has 2 aromatic carbocycles. The van der Waals surface area contributed by atoms with Crippen LogP contribution in [0.25, 0.3) is 0 Å². The number of anilines is 1. The summed E-state index contributed by atoms with van der Waals surface area (Å²) in [6.07, 6.45) is 0.838. The van der Waals surface area contributed by atoms with Gasteiger partial charge in [0.2, 0.25) is 5.91 Å². The highest BCUT2D eigenvalue weighted by molar-refractivity contribution is 5.92. The lowest BCUT2D eigenvalue weighted by Crippen LogP contribution is -2.37. The first-order chi connectivity index (χ1) is 12.5. The van der Waals surface area contributed by atoms with Crippen molar-refractivity contribution >= 4 is 17.5 Å². The third-order valence-electron chi connectivity index (χ3n) is 4.14. The average Bonchev–Trinajstić information content (AvgIpc) is 2.60. The van der Waals surface area contributed by atoms with Crippen molar-refractivity contribution in [3.63, 3.8) is 0 Å². The van der Waals surface area contributed by atoms with Gasteiger partial charge >= 0.3 is 0 Å². The van der Waals surface area contributed by atoms with E-state index in [2.05, 4.69) is 5.32 Å². The van der Waals surface area contributed by atoms with E-state index in [1.165, 1.54) is 29.8 Å². The van der Waals surface area contributed by atoms with Crippen LogP contribution in [-0.4, -0.2) is 36.4 Å². The summed E-state index contributed by atoms with van der Waals surface area (Å²) in [5.74, 6) is -0.592. The Hall–Kier alpha value is -2.93. The zero-order chi connectivity index (χ0) is 18.5. The van der Waals surface area contributed by atoms with Gasteiger partial charge in [0, 0.05) is 18.8 Å². The first-order valence-electron chi connectivity index (χ1n) is 8.30. The van der Waals surface area contributed by atoms with E-state index < -0.39 is 0 Å². The highest BCUT2D eigenvalue weighted by atomic mass is 19.1. The van der Waals surface area contributed by atoms with Gasteiger partial charge in [-0.25, -0.2) is 4.39 Å². The molecular weight excluding hydrogens is 337 g/mol. The first kappa shape index (κ1) is 17.9. The Labute approximate surface area is 150 Å².